The smallest absolute Gasteiger partial charge is 0.337 e. The molecule has 2 aromatic carbocycles. The number of carboxylic acid groups (broad SMARTS) is 1. The van der Waals surface area contributed by atoms with E-state index in [9.17, 15) is 9.59 Å². The van der Waals surface area contributed by atoms with E-state index in [1.165, 1.54) is 7.11 Å². The molecule has 2 rings (SSSR count). The molecule has 1 unspecified atom stereocenters. The van der Waals surface area contributed by atoms with Crippen LogP contribution in [0.1, 0.15) is 21.5 Å². The molecule has 126 valence electrons. The number of nitrogens with two attached hydrogens (primary N) is 1. The van der Waals surface area contributed by atoms with Crippen LogP contribution < -0.4 is 10.5 Å². The molecule has 6 heteroatoms. The van der Waals surface area contributed by atoms with Crippen molar-refractivity contribution >= 4 is 11.9 Å². The number of hydrogen-bond donors (Lipinski definition) is 2. The number of benzene rings is 2. The number of rotatable bonds is 7. The first-order valence-corrected chi connectivity index (χ1v) is 7.37. The summed E-state index contributed by atoms with van der Waals surface area (Å²) < 4.78 is 10.3. The molecule has 0 aromatic heterocycles. The standard InChI is InChI=1S/C18H19NO5/c1-23-18(22)14-6-2-13(3-7-14)11-24-15-8-4-12(5-9-15)10-16(19)17(20)21/h2-9,16H,10-11,19H2,1H3,(H,20,21). The van der Waals surface area contributed by atoms with Crippen LogP contribution in [-0.2, 0) is 22.6 Å². The van der Waals surface area contributed by atoms with E-state index < -0.39 is 12.0 Å². The third-order valence-corrected chi connectivity index (χ3v) is 3.48. The van der Waals surface area contributed by atoms with Crippen LogP contribution in [0, 0.1) is 0 Å². The first-order valence-electron chi connectivity index (χ1n) is 7.37. The van der Waals surface area contributed by atoms with Gasteiger partial charge in [0.15, 0.2) is 0 Å². The Bertz CT molecular complexity index is 694. The van der Waals surface area contributed by atoms with E-state index in [0.717, 1.165) is 11.1 Å². The molecule has 0 heterocycles. The first-order chi connectivity index (χ1) is 11.5. The third kappa shape index (κ3) is 4.82. The van der Waals surface area contributed by atoms with E-state index in [-0.39, 0.29) is 12.4 Å². The molecule has 0 amide bonds. The number of carbonyl (C=O) groups excluding carboxylic acids is 1. The number of hydrogen-bond acceptors (Lipinski definition) is 5. The van der Waals surface area contributed by atoms with Crippen LogP contribution >= 0.6 is 0 Å². The fraction of sp³-hybridized carbons (Fsp3) is 0.222. The first kappa shape index (κ1) is 17.5. The van der Waals surface area contributed by atoms with Gasteiger partial charge in [0.1, 0.15) is 18.4 Å². The summed E-state index contributed by atoms with van der Waals surface area (Å²) in [5.41, 5.74) is 7.74. The Morgan fingerprint density at radius 2 is 1.62 bits per heavy atom. The van der Waals surface area contributed by atoms with Gasteiger partial charge in [-0.15, -0.1) is 0 Å². The van der Waals surface area contributed by atoms with E-state index in [1.807, 2.05) is 0 Å². The van der Waals surface area contributed by atoms with Gasteiger partial charge < -0.3 is 20.3 Å². The minimum absolute atomic E-state index is 0.268. The minimum atomic E-state index is -1.02. The average molecular weight is 329 g/mol. The van der Waals surface area contributed by atoms with Crippen LogP contribution in [0.25, 0.3) is 0 Å². The molecule has 0 saturated carbocycles. The van der Waals surface area contributed by atoms with Crippen molar-refractivity contribution in [2.24, 2.45) is 5.73 Å². The molecule has 3 N–H and O–H groups in total. The maximum absolute atomic E-state index is 11.4. The maximum atomic E-state index is 11.4. The lowest BCUT2D eigenvalue weighted by molar-refractivity contribution is -0.138. The molecule has 0 aliphatic rings. The normalized spacial score (nSPS) is 11.6. The maximum Gasteiger partial charge on any atom is 0.337 e. The van der Waals surface area contributed by atoms with Gasteiger partial charge in [0.25, 0.3) is 0 Å². The van der Waals surface area contributed by atoms with Gasteiger partial charge in [-0.05, 0) is 41.8 Å². The summed E-state index contributed by atoms with van der Waals surface area (Å²) in [5, 5.41) is 8.80. The third-order valence-electron chi connectivity index (χ3n) is 3.48. The lowest BCUT2D eigenvalue weighted by atomic mass is 10.1. The van der Waals surface area contributed by atoms with Crippen molar-refractivity contribution in [2.75, 3.05) is 7.11 Å². The van der Waals surface area contributed by atoms with Gasteiger partial charge in [0.05, 0.1) is 12.7 Å². The second-order valence-electron chi connectivity index (χ2n) is 5.27. The van der Waals surface area contributed by atoms with E-state index in [1.54, 1.807) is 48.5 Å². The van der Waals surface area contributed by atoms with Crippen LogP contribution in [0.5, 0.6) is 5.75 Å². The second kappa shape index (κ2) is 8.12. The number of esters is 1. The average Bonchev–Trinajstić information content (AvgIpc) is 2.60. The molecule has 0 radical (unpaired) electrons. The van der Waals surface area contributed by atoms with Crippen LogP contribution in [-0.4, -0.2) is 30.2 Å². The summed E-state index contributed by atoms with van der Waals surface area (Å²) in [6.07, 6.45) is 0.268. The van der Waals surface area contributed by atoms with Crippen LogP contribution in [0.2, 0.25) is 0 Å². The van der Waals surface area contributed by atoms with Gasteiger partial charge in [-0.2, -0.15) is 0 Å². The SMILES string of the molecule is COC(=O)c1ccc(COc2ccc(CC(N)C(=O)O)cc2)cc1. The fourth-order valence-electron chi connectivity index (χ4n) is 2.08. The predicted octanol–water partition coefficient (Wildman–Crippen LogP) is 2.01. The lowest BCUT2D eigenvalue weighted by Gasteiger charge is -2.09. The fourth-order valence-corrected chi connectivity index (χ4v) is 2.08. The van der Waals surface area contributed by atoms with Crippen molar-refractivity contribution in [2.45, 2.75) is 19.1 Å². The summed E-state index contributed by atoms with van der Waals surface area (Å²) in [5.74, 6) is -0.733. The number of carbonyl (C=O) groups is 2. The van der Waals surface area contributed by atoms with Gasteiger partial charge >= 0.3 is 11.9 Å². The highest BCUT2D eigenvalue weighted by atomic mass is 16.5. The number of carboxylic acids is 1. The quantitative estimate of drug-likeness (QED) is 0.754. The highest BCUT2D eigenvalue weighted by Gasteiger charge is 2.11. The van der Waals surface area contributed by atoms with Gasteiger partial charge in [-0.25, -0.2) is 4.79 Å². The summed E-state index contributed by atoms with van der Waals surface area (Å²) in [6.45, 7) is 0.357. The summed E-state index contributed by atoms with van der Waals surface area (Å²) in [4.78, 5) is 22.1. The molecule has 0 fully saturated rings. The molecule has 0 spiro atoms. The highest BCUT2D eigenvalue weighted by molar-refractivity contribution is 5.89. The zero-order valence-corrected chi connectivity index (χ0v) is 13.3. The van der Waals surface area contributed by atoms with E-state index in [4.69, 9.17) is 15.6 Å². The zero-order chi connectivity index (χ0) is 17.5. The van der Waals surface area contributed by atoms with Gasteiger partial charge in [0.2, 0.25) is 0 Å². The molecule has 1 atom stereocenters. The minimum Gasteiger partial charge on any atom is -0.489 e. The molecule has 0 saturated heterocycles. The van der Waals surface area contributed by atoms with Crippen molar-refractivity contribution in [3.63, 3.8) is 0 Å². The zero-order valence-electron chi connectivity index (χ0n) is 13.3. The molecule has 6 nitrogen and oxygen atoms in total. The Morgan fingerprint density at radius 3 is 2.17 bits per heavy atom. The predicted molar refractivity (Wildman–Crippen MR) is 87.9 cm³/mol. The Balaban J connectivity index is 1.90. The summed E-state index contributed by atoms with van der Waals surface area (Å²) in [7, 11) is 1.34. The van der Waals surface area contributed by atoms with E-state index in [2.05, 4.69) is 4.74 Å². The van der Waals surface area contributed by atoms with Crippen molar-refractivity contribution in [3.05, 3.63) is 65.2 Å². The molecule has 0 aliphatic carbocycles. The summed E-state index contributed by atoms with van der Waals surface area (Å²) >= 11 is 0. The molecular formula is C18H19NO5. The Hall–Kier alpha value is -2.86. The Morgan fingerprint density at radius 1 is 1.04 bits per heavy atom. The van der Waals surface area contributed by atoms with Crippen LogP contribution in [0.3, 0.4) is 0 Å². The Labute approximate surface area is 139 Å². The van der Waals surface area contributed by atoms with Crippen molar-refractivity contribution in [3.8, 4) is 5.75 Å². The number of aliphatic carboxylic acids is 1. The van der Waals surface area contributed by atoms with Gasteiger partial charge in [0, 0.05) is 0 Å². The van der Waals surface area contributed by atoms with Crippen molar-refractivity contribution < 1.29 is 24.2 Å². The van der Waals surface area contributed by atoms with Crippen LogP contribution in [0.15, 0.2) is 48.5 Å². The molecule has 0 bridgehead atoms. The molecule has 2 aromatic rings. The monoisotopic (exact) mass is 329 g/mol. The number of ether oxygens (including phenoxy) is 2. The van der Waals surface area contributed by atoms with Gasteiger partial charge in [-0.1, -0.05) is 24.3 Å². The van der Waals surface area contributed by atoms with Crippen LogP contribution in [0.4, 0.5) is 0 Å². The highest BCUT2D eigenvalue weighted by Crippen LogP contribution is 2.15. The van der Waals surface area contributed by atoms with Gasteiger partial charge in [-0.3, -0.25) is 4.79 Å². The Kier molecular flexibility index (Phi) is 5.92. The molecule has 24 heavy (non-hydrogen) atoms. The molecule has 0 aliphatic heterocycles. The molecular weight excluding hydrogens is 310 g/mol. The topological polar surface area (TPSA) is 98.9 Å². The number of methoxy groups -OCH3 is 1. The second-order valence-corrected chi connectivity index (χ2v) is 5.27. The summed E-state index contributed by atoms with van der Waals surface area (Å²) in [6, 6.07) is 13.2. The van der Waals surface area contributed by atoms with E-state index in [0.29, 0.717) is 17.9 Å². The van der Waals surface area contributed by atoms with E-state index >= 15 is 0 Å². The van der Waals surface area contributed by atoms with Crippen molar-refractivity contribution in [1.29, 1.82) is 0 Å². The largest absolute Gasteiger partial charge is 0.489 e. The lowest BCUT2D eigenvalue weighted by Crippen LogP contribution is -2.32. The van der Waals surface area contributed by atoms with Crippen molar-refractivity contribution in [1.82, 2.24) is 0 Å².